The standard InChI is InChI=1S/C18H28N2O5.ClH/c1-22-12-18(5-7-19-8-6-18)11-20-17(21)13-9-15(24-3)16(25-4)10-14(13)23-2;/h9-10,19H,5-8,11-12H2,1-4H3,(H,20,21);1H. The molecule has 7 nitrogen and oxygen atoms in total. The van der Waals surface area contributed by atoms with Crippen molar-refractivity contribution in [2.75, 3.05) is 54.7 Å². The van der Waals surface area contributed by atoms with Crippen LogP contribution in [0, 0.1) is 5.41 Å². The Hall–Kier alpha value is -1.70. The number of benzene rings is 1. The Bertz CT molecular complexity index is 586. The van der Waals surface area contributed by atoms with Crippen LogP contribution in [0.15, 0.2) is 12.1 Å². The van der Waals surface area contributed by atoms with Gasteiger partial charge in [0, 0.05) is 31.2 Å². The van der Waals surface area contributed by atoms with E-state index in [0.717, 1.165) is 25.9 Å². The summed E-state index contributed by atoms with van der Waals surface area (Å²) in [4.78, 5) is 12.7. The number of nitrogens with one attached hydrogen (secondary N) is 2. The Labute approximate surface area is 161 Å². The molecule has 1 amide bonds. The van der Waals surface area contributed by atoms with Crippen LogP contribution >= 0.6 is 12.4 Å². The van der Waals surface area contributed by atoms with Gasteiger partial charge in [-0.2, -0.15) is 0 Å². The highest BCUT2D eigenvalue weighted by atomic mass is 35.5. The average molecular weight is 389 g/mol. The van der Waals surface area contributed by atoms with E-state index in [1.807, 2.05) is 0 Å². The maximum Gasteiger partial charge on any atom is 0.255 e. The summed E-state index contributed by atoms with van der Waals surface area (Å²) in [5, 5.41) is 6.38. The molecule has 2 rings (SSSR count). The molecule has 26 heavy (non-hydrogen) atoms. The summed E-state index contributed by atoms with van der Waals surface area (Å²) in [6.45, 7) is 3.04. The molecular formula is C18H29ClN2O5. The summed E-state index contributed by atoms with van der Waals surface area (Å²) >= 11 is 0. The number of carbonyl (C=O) groups is 1. The van der Waals surface area contributed by atoms with Crippen molar-refractivity contribution in [1.29, 1.82) is 0 Å². The van der Waals surface area contributed by atoms with E-state index in [1.54, 1.807) is 26.4 Å². The normalized spacial score (nSPS) is 15.5. The quantitative estimate of drug-likeness (QED) is 0.708. The van der Waals surface area contributed by atoms with Gasteiger partial charge in [-0.25, -0.2) is 0 Å². The molecule has 1 fully saturated rings. The highest BCUT2D eigenvalue weighted by Gasteiger charge is 2.33. The first-order valence-corrected chi connectivity index (χ1v) is 8.37. The van der Waals surface area contributed by atoms with Crippen LogP contribution in [0.4, 0.5) is 0 Å². The highest BCUT2D eigenvalue weighted by molar-refractivity contribution is 5.97. The molecule has 0 aliphatic carbocycles. The molecule has 0 spiro atoms. The van der Waals surface area contributed by atoms with Crippen LogP contribution in [0.5, 0.6) is 17.2 Å². The van der Waals surface area contributed by atoms with E-state index >= 15 is 0 Å². The third-order valence-electron chi connectivity index (χ3n) is 4.69. The highest BCUT2D eigenvalue weighted by Crippen LogP contribution is 2.35. The van der Waals surface area contributed by atoms with E-state index in [0.29, 0.717) is 36.0 Å². The van der Waals surface area contributed by atoms with Crippen molar-refractivity contribution >= 4 is 18.3 Å². The molecule has 1 aromatic carbocycles. The molecule has 0 unspecified atom stereocenters. The average Bonchev–Trinajstić information content (AvgIpc) is 2.66. The molecule has 1 aliphatic rings. The lowest BCUT2D eigenvalue weighted by Gasteiger charge is -2.37. The Balaban J connectivity index is 0.00000338. The van der Waals surface area contributed by atoms with E-state index in [2.05, 4.69) is 10.6 Å². The van der Waals surface area contributed by atoms with Crippen molar-refractivity contribution < 1.29 is 23.7 Å². The molecule has 0 aromatic heterocycles. The first-order valence-electron chi connectivity index (χ1n) is 8.37. The lowest BCUT2D eigenvalue weighted by atomic mass is 9.79. The van der Waals surface area contributed by atoms with Gasteiger partial charge in [0.2, 0.25) is 0 Å². The summed E-state index contributed by atoms with van der Waals surface area (Å²) in [5.74, 6) is 1.25. The third-order valence-corrected chi connectivity index (χ3v) is 4.69. The number of hydrogen-bond donors (Lipinski definition) is 2. The predicted molar refractivity (Wildman–Crippen MR) is 102 cm³/mol. The predicted octanol–water partition coefficient (Wildman–Crippen LogP) is 1.88. The number of halogens is 1. The summed E-state index contributed by atoms with van der Waals surface area (Å²) in [6, 6.07) is 3.29. The number of amides is 1. The summed E-state index contributed by atoms with van der Waals surface area (Å²) in [6.07, 6.45) is 1.92. The van der Waals surface area contributed by atoms with Crippen molar-refractivity contribution in [1.82, 2.24) is 10.6 Å². The van der Waals surface area contributed by atoms with Gasteiger partial charge in [0.15, 0.2) is 11.5 Å². The van der Waals surface area contributed by atoms with Crippen molar-refractivity contribution in [2.45, 2.75) is 12.8 Å². The fraction of sp³-hybridized carbons (Fsp3) is 0.611. The van der Waals surface area contributed by atoms with E-state index in [9.17, 15) is 4.79 Å². The van der Waals surface area contributed by atoms with E-state index in [-0.39, 0.29) is 23.7 Å². The molecule has 2 N–H and O–H groups in total. The summed E-state index contributed by atoms with van der Waals surface area (Å²) < 4.78 is 21.3. The van der Waals surface area contributed by atoms with Gasteiger partial charge in [-0.3, -0.25) is 4.79 Å². The van der Waals surface area contributed by atoms with Gasteiger partial charge in [-0.15, -0.1) is 12.4 Å². The van der Waals surface area contributed by atoms with Crippen LogP contribution in [0.2, 0.25) is 0 Å². The topological polar surface area (TPSA) is 78.1 Å². The number of methoxy groups -OCH3 is 4. The first kappa shape index (κ1) is 22.3. The summed E-state index contributed by atoms with van der Waals surface area (Å²) in [5.41, 5.74) is 0.376. The van der Waals surface area contributed by atoms with E-state index < -0.39 is 0 Å². The molecule has 1 saturated heterocycles. The molecule has 0 radical (unpaired) electrons. The molecular weight excluding hydrogens is 360 g/mol. The SMILES string of the molecule is COCC1(CNC(=O)c2cc(OC)c(OC)cc2OC)CCNCC1.Cl. The Kier molecular flexibility index (Phi) is 8.98. The van der Waals surface area contributed by atoms with Crippen molar-refractivity contribution in [3.63, 3.8) is 0 Å². The maximum atomic E-state index is 12.7. The van der Waals surface area contributed by atoms with Gasteiger partial charge in [0.25, 0.3) is 5.91 Å². The number of piperidine rings is 1. The Morgan fingerprint density at radius 2 is 1.62 bits per heavy atom. The van der Waals surface area contributed by atoms with Crippen molar-refractivity contribution in [3.8, 4) is 17.2 Å². The van der Waals surface area contributed by atoms with Gasteiger partial charge in [0.05, 0.1) is 33.5 Å². The fourth-order valence-electron chi connectivity index (χ4n) is 3.21. The van der Waals surface area contributed by atoms with Crippen LogP contribution in [0.3, 0.4) is 0 Å². The second-order valence-corrected chi connectivity index (χ2v) is 6.27. The number of rotatable bonds is 8. The molecule has 1 aromatic rings. The Morgan fingerprint density at radius 1 is 1.04 bits per heavy atom. The zero-order valence-corrected chi connectivity index (χ0v) is 16.7. The van der Waals surface area contributed by atoms with E-state index in [4.69, 9.17) is 18.9 Å². The minimum absolute atomic E-state index is 0. The molecule has 1 aliphatic heterocycles. The maximum absolute atomic E-state index is 12.7. The molecule has 1 heterocycles. The van der Waals surface area contributed by atoms with Gasteiger partial charge < -0.3 is 29.6 Å². The second-order valence-electron chi connectivity index (χ2n) is 6.27. The Morgan fingerprint density at radius 3 is 2.15 bits per heavy atom. The monoisotopic (exact) mass is 388 g/mol. The number of ether oxygens (including phenoxy) is 4. The summed E-state index contributed by atoms with van der Waals surface area (Å²) in [7, 11) is 6.30. The first-order chi connectivity index (χ1) is 12.1. The smallest absolute Gasteiger partial charge is 0.255 e. The number of carbonyl (C=O) groups excluding carboxylic acids is 1. The van der Waals surface area contributed by atoms with Crippen LogP contribution in [-0.4, -0.2) is 60.6 Å². The largest absolute Gasteiger partial charge is 0.496 e. The minimum Gasteiger partial charge on any atom is -0.496 e. The van der Waals surface area contributed by atoms with Gasteiger partial charge >= 0.3 is 0 Å². The van der Waals surface area contributed by atoms with E-state index in [1.165, 1.54) is 14.2 Å². The minimum atomic E-state index is -0.202. The van der Waals surface area contributed by atoms with Crippen LogP contribution in [-0.2, 0) is 4.74 Å². The molecule has 148 valence electrons. The van der Waals surface area contributed by atoms with Crippen LogP contribution in [0.25, 0.3) is 0 Å². The molecule has 8 heteroatoms. The lowest BCUT2D eigenvalue weighted by molar-refractivity contribution is 0.0511. The molecule has 0 saturated carbocycles. The number of hydrogen-bond acceptors (Lipinski definition) is 6. The van der Waals surface area contributed by atoms with Crippen molar-refractivity contribution in [3.05, 3.63) is 17.7 Å². The van der Waals surface area contributed by atoms with Gasteiger partial charge in [0.1, 0.15) is 5.75 Å². The van der Waals surface area contributed by atoms with Crippen LogP contribution in [0.1, 0.15) is 23.2 Å². The van der Waals surface area contributed by atoms with Gasteiger partial charge in [-0.05, 0) is 25.9 Å². The molecule has 0 bridgehead atoms. The third kappa shape index (κ3) is 5.16. The van der Waals surface area contributed by atoms with Crippen molar-refractivity contribution in [2.24, 2.45) is 5.41 Å². The van der Waals surface area contributed by atoms with Gasteiger partial charge in [-0.1, -0.05) is 0 Å². The lowest BCUT2D eigenvalue weighted by Crippen LogP contribution is -2.47. The van der Waals surface area contributed by atoms with Crippen LogP contribution < -0.4 is 24.8 Å². The fourth-order valence-corrected chi connectivity index (χ4v) is 3.21. The zero-order chi connectivity index (χ0) is 18.3. The second kappa shape index (κ2) is 10.4. The molecule has 0 atom stereocenters. The zero-order valence-electron chi connectivity index (χ0n) is 15.8.